The van der Waals surface area contributed by atoms with E-state index in [2.05, 4.69) is 60.2 Å². The Morgan fingerprint density at radius 1 is 1.23 bits per heavy atom. The van der Waals surface area contributed by atoms with Gasteiger partial charge in [0.1, 0.15) is 0 Å². The number of fused-ring (bicyclic) bond motifs is 2. The van der Waals surface area contributed by atoms with Gasteiger partial charge < -0.3 is 9.30 Å². The van der Waals surface area contributed by atoms with Crippen LogP contribution in [0.4, 0.5) is 0 Å². The molecule has 4 nitrogen and oxygen atoms in total. The monoisotopic (exact) mass is 438 g/mol. The number of imidazole rings is 1. The number of carbonyl (C=O) groups is 1. The molecule has 2 heterocycles. The van der Waals surface area contributed by atoms with Gasteiger partial charge in [-0.2, -0.15) is 0 Å². The molecule has 30 heavy (non-hydrogen) atoms. The number of benzene rings is 2. The Bertz CT molecular complexity index is 1190. The van der Waals surface area contributed by atoms with Crippen molar-refractivity contribution >= 4 is 50.2 Å². The highest BCUT2D eigenvalue weighted by Gasteiger charge is 2.15. The van der Waals surface area contributed by atoms with E-state index in [0.717, 1.165) is 34.9 Å². The summed E-state index contributed by atoms with van der Waals surface area (Å²) in [7, 11) is 0. The Morgan fingerprint density at radius 3 is 2.93 bits per heavy atom. The number of carbonyl (C=O) groups excluding carboxylic acids is 1. The molecule has 0 aliphatic carbocycles. The van der Waals surface area contributed by atoms with Gasteiger partial charge in [0.25, 0.3) is 0 Å². The molecule has 0 radical (unpaired) electrons. The summed E-state index contributed by atoms with van der Waals surface area (Å²) < 4.78 is 8.68. The smallest absolute Gasteiger partial charge is 0.305 e. The van der Waals surface area contributed by atoms with Crippen LogP contribution >= 0.6 is 23.1 Å². The Balaban J connectivity index is 1.62. The number of thiophene rings is 1. The van der Waals surface area contributed by atoms with Crippen LogP contribution in [-0.4, -0.2) is 27.9 Å². The molecular formula is C24H26N2O2S2. The van der Waals surface area contributed by atoms with Crippen molar-refractivity contribution < 1.29 is 9.53 Å². The van der Waals surface area contributed by atoms with Crippen molar-refractivity contribution in [3.05, 3.63) is 58.5 Å². The molecule has 0 fully saturated rings. The van der Waals surface area contributed by atoms with Crippen LogP contribution in [0.15, 0.2) is 46.9 Å². The van der Waals surface area contributed by atoms with E-state index in [4.69, 9.17) is 9.72 Å². The summed E-state index contributed by atoms with van der Waals surface area (Å²) in [4.78, 5) is 16.5. The van der Waals surface area contributed by atoms with E-state index >= 15 is 0 Å². The minimum atomic E-state index is -0.123. The molecule has 4 aromatic rings. The van der Waals surface area contributed by atoms with Crippen molar-refractivity contribution in [2.75, 3.05) is 12.4 Å². The lowest BCUT2D eigenvalue weighted by atomic mass is 10.1. The average Bonchev–Trinajstić information content (AvgIpc) is 3.28. The number of aryl methyl sites for hydroxylation is 2. The molecule has 0 saturated carbocycles. The lowest BCUT2D eigenvalue weighted by Crippen LogP contribution is -2.04. The summed E-state index contributed by atoms with van der Waals surface area (Å²) in [5.41, 5.74) is 6.04. The number of rotatable bonds is 8. The molecule has 156 valence electrons. The largest absolute Gasteiger partial charge is 0.466 e. The van der Waals surface area contributed by atoms with Gasteiger partial charge >= 0.3 is 5.97 Å². The van der Waals surface area contributed by atoms with Gasteiger partial charge in [-0.15, -0.1) is 11.3 Å². The first kappa shape index (κ1) is 20.9. The Morgan fingerprint density at radius 2 is 2.10 bits per heavy atom. The fraction of sp³-hybridized carbons (Fsp3) is 0.333. The fourth-order valence-electron chi connectivity index (χ4n) is 3.72. The van der Waals surface area contributed by atoms with Crippen LogP contribution in [0.25, 0.3) is 21.1 Å². The molecule has 0 saturated heterocycles. The predicted molar refractivity (Wildman–Crippen MR) is 127 cm³/mol. The molecule has 0 spiro atoms. The van der Waals surface area contributed by atoms with Crippen LogP contribution in [0.2, 0.25) is 0 Å². The highest BCUT2D eigenvalue weighted by Crippen LogP contribution is 2.32. The summed E-state index contributed by atoms with van der Waals surface area (Å²) in [5.74, 6) is 0.715. The summed E-state index contributed by atoms with van der Waals surface area (Å²) in [5, 5.41) is 4.63. The second-order valence-electron chi connectivity index (χ2n) is 7.44. The molecule has 0 aliphatic rings. The topological polar surface area (TPSA) is 44.1 Å². The van der Waals surface area contributed by atoms with Crippen LogP contribution in [0.3, 0.4) is 0 Å². The first-order valence-electron chi connectivity index (χ1n) is 10.3. The third kappa shape index (κ3) is 4.40. The van der Waals surface area contributed by atoms with Crippen molar-refractivity contribution in [3.8, 4) is 0 Å². The second-order valence-corrected chi connectivity index (χ2v) is 9.41. The van der Waals surface area contributed by atoms with Gasteiger partial charge in [-0.05, 0) is 67.5 Å². The number of nitrogens with zero attached hydrogens (tertiary/aromatic N) is 2. The molecule has 2 aromatic carbocycles. The van der Waals surface area contributed by atoms with Gasteiger partial charge in [-0.3, -0.25) is 4.79 Å². The zero-order valence-electron chi connectivity index (χ0n) is 17.6. The first-order chi connectivity index (χ1) is 14.6. The number of hydrogen-bond acceptors (Lipinski definition) is 5. The van der Waals surface area contributed by atoms with E-state index in [1.54, 1.807) is 23.1 Å². The Labute approximate surface area is 185 Å². The van der Waals surface area contributed by atoms with Crippen molar-refractivity contribution in [1.82, 2.24) is 9.55 Å². The molecule has 0 N–H and O–H groups in total. The van der Waals surface area contributed by atoms with Gasteiger partial charge in [-0.1, -0.05) is 30.0 Å². The van der Waals surface area contributed by atoms with Crippen LogP contribution in [0, 0.1) is 13.8 Å². The Kier molecular flexibility index (Phi) is 6.44. The zero-order chi connectivity index (χ0) is 21.1. The third-order valence-electron chi connectivity index (χ3n) is 5.14. The maximum atomic E-state index is 11.6. The summed E-state index contributed by atoms with van der Waals surface area (Å²) in [6.45, 7) is 7.35. The summed E-state index contributed by atoms with van der Waals surface area (Å²) >= 11 is 3.52. The maximum Gasteiger partial charge on any atom is 0.305 e. The van der Waals surface area contributed by atoms with Crippen molar-refractivity contribution in [2.45, 2.75) is 45.3 Å². The van der Waals surface area contributed by atoms with Gasteiger partial charge in [-0.25, -0.2) is 4.98 Å². The first-order valence-corrected chi connectivity index (χ1v) is 12.1. The molecule has 0 unspecified atom stereocenters. The van der Waals surface area contributed by atoms with E-state index in [0.29, 0.717) is 13.0 Å². The van der Waals surface area contributed by atoms with E-state index in [1.807, 2.05) is 6.92 Å². The third-order valence-corrected chi connectivity index (χ3v) is 7.20. The van der Waals surface area contributed by atoms with Crippen LogP contribution in [0.5, 0.6) is 0 Å². The minimum absolute atomic E-state index is 0.123. The molecular weight excluding hydrogens is 412 g/mol. The zero-order valence-corrected chi connectivity index (χ0v) is 19.2. The normalized spacial score (nSPS) is 11.4. The molecule has 0 aliphatic heterocycles. The van der Waals surface area contributed by atoms with Gasteiger partial charge in [0.05, 0.1) is 24.2 Å². The number of thioether (sulfide) groups is 1. The van der Waals surface area contributed by atoms with Crippen LogP contribution in [0.1, 0.15) is 36.5 Å². The molecule has 0 bridgehead atoms. The number of esters is 1. The molecule has 2 aromatic heterocycles. The van der Waals surface area contributed by atoms with Gasteiger partial charge in [0.2, 0.25) is 0 Å². The van der Waals surface area contributed by atoms with Crippen molar-refractivity contribution in [1.29, 1.82) is 0 Å². The summed E-state index contributed by atoms with van der Waals surface area (Å²) in [6, 6.07) is 13.0. The maximum absolute atomic E-state index is 11.6. The van der Waals surface area contributed by atoms with Crippen molar-refractivity contribution in [2.24, 2.45) is 0 Å². The van der Waals surface area contributed by atoms with E-state index in [9.17, 15) is 4.79 Å². The van der Waals surface area contributed by atoms with Gasteiger partial charge in [0, 0.05) is 22.3 Å². The predicted octanol–water partition coefficient (Wildman–Crippen LogP) is 6.35. The van der Waals surface area contributed by atoms with Crippen molar-refractivity contribution in [3.63, 3.8) is 0 Å². The second kappa shape index (κ2) is 9.23. The van der Waals surface area contributed by atoms with E-state index in [-0.39, 0.29) is 5.97 Å². The lowest BCUT2D eigenvalue weighted by Gasteiger charge is -2.10. The standard InChI is InChI=1S/C24H26N2O2S2/c1-4-28-22(27)9-6-12-29-24-25-19-13-16(2)10-11-20(19)26(24)14-18-15-30-21-8-5-7-17(3)23(18)21/h5,7-8,10-11,13,15H,4,6,9,12,14H2,1-3H3. The number of hydrogen-bond donors (Lipinski definition) is 0. The molecule has 6 heteroatoms. The SMILES string of the molecule is CCOC(=O)CCCSc1nc2cc(C)ccc2n1Cc1csc2cccc(C)c12. The summed E-state index contributed by atoms with van der Waals surface area (Å²) in [6.07, 6.45) is 1.24. The lowest BCUT2D eigenvalue weighted by molar-refractivity contribution is -0.143. The number of ether oxygens (including phenoxy) is 1. The van der Waals surface area contributed by atoms with Gasteiger partial charge in [0.15, 0.2) is 5.16 Å². The average molecular weight is 439 g/mol. The highest BCUT2D eigenvalue weighted by atomic mass is 32.2. The van der Waals surface area contributed by atoms with Crippen LogP contribution < -0.4 is 0 Å². The molecule has 0 atom stereocenters. The van der Waals surface area contributed by atoms with E-state index < -0.39 is 0 Å². The number of aromatic nitrogens is 2. The molecule has 0 amide bonds. The van der Waals surface area contributed by atoms with E-state index in [1.165, 1.54) is 26.8 Å². The van der Waals surface area contributed by atoms with Crippen LogP contribution in [-0.2, 0) is 16.1 Å². The minimum Gasteiger partial charge on any atom is -0.466 e. The Hall–Kier alpha value is -2.31. The quantitative estimate of drug-likeness (QED) is 0.183. The fourth-order valence-corrected chi connectivity index (χ4v) is 5.71. The highest BCUT2D eigenvalue weighted by molar-refractivity contribution is 7.99. The molecule has 4 rings (SSSR count).